The van der Waals surface area contributed by atoms with Crippen molar-refractivity contribution >= 4 is 17.6 Å². The molecule has 8 nitrogen and oxygen atoms in total. The largest absolute Gasteiger partial charge is 0.465 e. The van der Waals surface area contributed by atoms with Gasteiger partial charge in [-0.25, -0.2) is 4.79 Å². The van der Waals surface area contributed by atoms with E-state index in [1.165, 1.54) is 25.3 Å². The van der Waals surface area contributed by atoms with E-state index in [9.17, 15) is 19.7 Å². The summed E-state index contributed by atoms with van der Waals surface area (Å²) in [5.41, 5.74) is 1.84. The third kappa shape index (κ3) is 4.52. The van der Waals surface area contributed by atoms with Crippen molar-refractivity contribution in [3.63, 3.8) is 0 Å². The molecule has 1 amide bonds. The number of ether oxygens (including phenoxy) is 1. The molecule has 146 valence electrons. The van der Waals surface area contributed by atoms with Crippen LogP contribution in [0.4, 0.5) is 5.69 Å². The quantitative estimate of drug-likeness (QED) is 0.447. The van der Waals surface area contributed by atoms with Gasteiger partial charge in [0.1, 0.15) is 0 Å². The second-order valence-corrected chi connectivity index (χ2v) is 6.56. The van der Waals surface area contributed by atoms with Gasteiger partial charge in [0.2, 0.25) is 0 Å². The van der Waals surface area contributed by atoms with Crippen LogP contribution in [0.25, 0.3) is 0 Å². The van der Waals surface area contributed by atoms with Gasteiger partial charge in [0.15, 0.2) is 0 Å². The summed E-state index contributed by atoms with van der Waals surface area (Å²) in [6, 6.07) is 13.1. The molecule has 1 aliphatic heterocycles. The number of piperazine rings is 1. The Bertz CT molecular complexity index is 874. The molecule has 0 atom stereocenters. The Labute approximate surface area is 162 Å². The Morgan fingerprint density at radius 2 is 1.71 bits per heavy atom. The zero-order valence-electron chi connectivity index (χ0n) is 15.5. The summed E-state index contributed by atoms with van der Waals surface area (Å²) >= 11 is 0. The van der Waals surface area contributed by atoms with Gasteiger partial charge in [-0.15, -0.1) is 0 Å². The Balaban J connectivity index is 1.55. The maximum Gasteiger partial charge on any atom is 0.337 e. The van der Waals surface area contributed by atoms with Crippen molar-refractivity contribution in [2.45, 2.75) is 6.54 Å². The first-order valence-corrected chi connectivity index (χ1v) is 8.91. The molecular formula is C20H21N3O5. The van der Waals surface area contributed by atoms with Crippen LogP contribution in [0, 0.1) is 10.1 Å². The summed E-state index contributed by atoms with van der Waals surface area (Å²) in [5, 5.41) is 10.9. The monoisotopic (exact) mass is 383 g/mol. The number of nitrogens with zero attached hydrogens (tertiary/aromatic N) is 3. The van der Waals surface area contributed by atoms with Gasteiger partial charge in [0.05, 0.1) is 17.6 Å². The lowest BCUT2D eigenvalue weighted by Crippen LogP contribution is -2.48. The topological polar surface area (TPSA) is 93.0 Å². The van der Waals surface area contributed by atoms with E-state index >= 15 is 0 Å². The van der Waals surface area contributed by atoms with Crippen LogP contribution in [0.2, 0.25) is 0 Å². The average molecular weight is 383 g/mol. The van der Waals surface area contributed by atoms with Crippen molar-refractivity contribution in [3.05, 3.63) is 75.3 Å². The zero-order valence-corrected chi connectivity index (χ0v) is 15.5. The minimum atomic E-state index is -0.500. The van der Waals surface area contributed by atoms with E-state index in [1.807, 2.05) is 12.1 Å². The molecule has 1 saturated heterocycles. The molecule has 0 saturated carbocycles. The normalized spacial score (nSPS) is 14.5. The fourth-order valence-corrected chi connectivity index (χ4v) is 3.17. The summed E-state index contributed by atoms with van der Waals surface area (Å²) in [6.45, 7) is 3.25. The number of carbonyl (C=O) groups excluding carboxylic acids is 2. The van der Waals surface area contributed by atoms with E-state index in [1.54, 1.807) is 23.1 Å². The van der Waals surface area contributed by atoms with E-state index in [-0.39, 0.29) is 17.6 Å². The van der Waals surface area contributed by atoms with Gasteiger partial charge < -0.3 is 9.64 Å². The molecule has 0 unspecified atom stereocenters. The lowest BCUT2D eigenvalue weighted by atomic mass is 10.1. The number of benzene rings is 2. The van der Waals surface area contributed by atoms with Crippen molar-refractivity contribution in [1.82, 2.24) is 9.80 Å². The highest BCUT2D eigenvalue weighted by Gasteiger charge is 2.23. The van der Waals surface area contributed by atoms with Crippen LogP contribution >= 0.6 is 0 Å². The Morgan fingerprint density at radius 1 is 1.04 bits per heavy atom. The minimum absolute atomic E-state index is 0.0834. The maximum atomic E-state index is 12.6. The van der Waals surface area contributed by atoms with Crippen LogP contribution in [0.3, 0.4) is 0 Å². The lowest BCUT2D eigenvalue weighted by molar-refractivity contribution is -0.384. The SMILES string of the molecule is COC(=O)c1ccc(CN2CCN(C(=O)c3cccc([N+](=O)[O-])c3)CC2)cc1. The van der Waals surface area contributed by atoms with E-state index in [4.69, 9.17) is 4.74 Å². The summed E-state index contributed by atoms with van der Waals surface area (Å²) in [7, 11) is 1.35. The van der Waals surface area contributed by atoms with Crippen LogP contribution in [0.1, 0.15) is 26.3 Å². The van der Waals surface area contributed by atoms with Crippen molar-refractivity contribution in [2.75, 3.05) is 33.3 Å². The summed E-state index contributed by atoms with van der Waals surface area (Å²) in [5.74, 6) is -0.550. The van der Waals surface area contributed by atoms with Gasteiger partial charge in [0.25, 0.3) is 11.6 Å². The molecule has 1 fully saturated rings. The second kappa shape index (κ2) is 8.62. The Kier molecular flexibility index (Phi) is 6.00. The molecular weight excluding hydrogens is 362 g/mol. The Hall–Kier alpha value is -3.26. The third-order valence-corrected chi connectivity index (χ3v) is 4.74. The number of methoxy groups -OCH3 is 1. The smallest absolute Gasteiger partial charge is 0.337 e. The molecule has 0 N–H and O–H groups in total. The van der Waals surface area contributed by atoms with Gasteiger partial charge in [-0.1, -0.05) is 18.2 Å². The van der Waals surface area contributed by atoms with Crippen LogP contribution < -0.4 is 0 Å². The van der Waals surface area contributed by atoms with Crippen molar-refractivity contribution in [1.29, 1.82) is 0 Å². The van der Waals surface area contributed by atoms with Gasteiger partial charge in [-0.3, -0.25) is 19.8 Å². The molecule has 0 bridgehead atoms. The van der Waals surface area contributed by atoms with Crippen molar-refractivity contribution in [3.8, 4) is 0 Å². The first-order valence-electron chi connectivity index (χ1n) is 8.91. The molecule has 0 spiro atoms. The molecule has 3 rings (SSSR count). The van der Waals surface area contributed by atoms with E-state index in [0.29, 0.717) is 37.3 Å². The first-order chi connectivity index (χ1) is 13.5. The standard InChI is InChI=1S/C20H21N3O5/c1-28-20(25)16-7-5-15(6-8-16)14-21-9-11-22(12-10-21)19(24)17-3-2-4-18(13-17)23(26)27/h2-8,13H,9-12,14H2,1H3. The van der Waals surface area contributed by atoms with Crippen LogP contribution in [0.15, 0.2) is 48.5 Å². The number of amides is 1. The highest BCUT2D eigenvalue weighted by atomic mass is 16.6. The highest BCUT2D eigenvalue weighted by Crippen LogP contribution is 2.17. The van der Waals surface area contributed by atoms with Crippen molar-refractivity contribution in [2.24, 2.45) is 0 Å². The fourth-order valence-electron chi connectivity index (χ4n) is 3.17. The van der Waals surface area contributed by atoms with Crippen LogP contribution in [0.5, 0.6) is 0 Å². The molecule has 28 heavy (non-hydrogen) atoms. The van der Waals surface area contributed by atoms with E-state index < -0.39 is 4.92 Å². The van der Waals surface area contributed by atoms with Crippen LogP contribution in [-0.4, -0.2) is 59.9 Å². The maximum absolute atomic E-state index is 12.6. The Morgan fingerprint density at radius 3 is 2.32 bits per heavy atom. The fraction of sp³-hybridized carbons (Fsp3) is 0.300. The molecule has 2 aromatic rings. The van der Waals surface area contributed by atoms with Crippen molar-refractivity contribution < 1.29 is 19.2 Å². The minimum Gasteiger partial charge on any atom is -0.465 e. The van der Waals surface area contributed by atoms with Gasteiger partial charge in [-0.05, 0) is 23.8 Å². The summed E-state index contributed by atoms with van der Waals surface area (Å²) in [6.07, 6.45) is 0. The second-order valence-electron chi connectivity index (χ2n) is 6.56. The van der Waals surface area contributed by atoms with E-state index in [0.717, 1.165) is 12.1 Å². The molecule has 8 heteroatoms. The molecule has 2 aromatic carbocycles. The number of esters is 1. The number of non-ortho nitro benzene ring substituents is 1. The first kappa shape index (κ1) is 19.5. The number of nitro benzene ring substituents is 1. The average Bonchev–Trinajstić information content (AvgIpc) is 2.74. The molecule has 0 aliphatic carbocycles. The molecule has 1 heterocycles. The number of hydrogen-bond donors (Lipinski definition) is 0. The molecule has 0 radical (unpaired) electrons. The van der Waals surface area contributed by atoms with Gasteiger partial charge in [0, 0.05) is 50.4 Å². The molecule has 1 aliphatic rings. The lowest BCUT2D eigenvalue weighted by Gasteiger charge is -2.34. The van der Waals surface area contributed by atoms with Crippen LogP contribution in [-0.2, 0) is 11.3 Å². The highest BCUT2D eigenvalue weighted by molar-refractivity contribution is 5.95. The van der Waals surface area contributed by atoms with Gasteiger partial charge in [-0.2, -0.15) is 0 Å². The van der Waals surface area contributed by atoms with Gasteiger partial charge >= 0.3 is 5.97 Å². The predicted molar refractivity (Wildman–Crippen MR) is 102 cm³/mol. The number of rotatable bonds is 5. The summed E-state index contributed by atoms with van der Waals surface area (Å²) in [4.78, 5) is 38.4. The number of hydrogen-bond acceptors (Lipinski definition) is 6. The third-order valence-electron chi connectivity index (χ3n) is 4.74. The molecule has 0 aromatic heterocycles. The number of nitro groups is 1. The summed E-state index contributed by atoms with van der Waals surface area (Å²) < 4.78 is 4.69. The predicted octanol–water partition coefficient (Wildman–Crippen LogP) is 2.34. The number of carbonyl (C=O) groups is 2. The zero-order chi connectivity index (χ0) is 20.1. The van der Waals surface area contributed by atoms with E-state index in [2.05, 4.69) is 4.90 Å².